The number of hydrogen-bond donors (Lipinski definition) is 4. The topological polar surface area (TPSA) is 149 Å². The highest BCUT2D eigenvalue weighted by atomic mass is 32.5. The summed E-state index contributed by atoms with van der Waals surface area (Å²) < 4.78 is 142. The molecule has 0 spiro atoms. The van der Waals surface area contributed by atoms with Gasteiger partial charge in [-0.25, -0.2) is 4.79 Å². The molecule has 46 heavy (non-hydrogen) atoms. The van der Waals surface area contributed by atoms with E-state index in [0.29, 0.717) is 11.6 Å². The maximum atomic E-state index is 13.5. The second-order valence-electron chi connectivity index (χ2n) is 9.12. The number of Topliss-reactive ketones (excluding diaryl/α,β-unsaturated/α-hetero) is 1. The van der Waals surface area contributed by atoms with Crippen LogP contribution in [0.4, 0.5) is 51.5 Å². The van der Waals surface area contributed by atoms with E-state index in [0.717, 1.165) is 10.2 Å². The van der Waals surface area contributed by atoms with Gasteiger partial charge in [-0.1, -0.05) is 19.4 Å². The summed E-state index contributed by atoms with van der Waals surface area (Å²) in [6.45, 7) is 0.828. The van der Waals surface area contributed by atoms with Crippen LogP contribution >= 0.6 is 10.2 Å². The van der Waals surface area contributed by atoms with Crippen LogP contribution in [0.15, 0.2) is 35.2 Å². The zero-order valence-corrected chi connectivity index (χ0v) is 23.8. The quantitative estimate of drug-likeness (QED) is 0.188. The molecule has 256 valence electrons. The van der Waals surface area contributed by atoms with Crippen molar-refractivity contribution >= 4 is 45.3 Å². The Hall–Kier alpha value is -4.63. The normalized spacial score (nSPS) is 14.6. The summed E-state index contributed by atoms with van der Waals surface area (Å²) in [7, 11) is -9.15. The Morgan fingerprint density at radius 1 is 0.957 bits per heavy atom. The summed E-state index contributed by atoms with van der Waals surface area (Å²) in [5, 5.41) is 18.9. The third kappa shape index (κ3) is 9.44. The Morgan fingerprint density at radius 2 is 1.52 bits per heavy atom. The Balaban J connectivity index is 0.000000942. The number of aliphatic carboxylic acids is 1. The molecule has 0 unspecified atom stereocenters. The van der Waals surface area contributed by atoms with Crippen LogP contribution in [-0.4, -0.2) is 72.0 Å². The highest BCUT2D eigenvalue weighted by Crippen LogP contribution is 3.02. The average molecular weight is 702 g/mol. The molecule has 0 radical (unpaired) electrons. The van der Waals surface area contributed by atoms with Crippen LogP contribution in [0.1, 0.15) is 38.8 Å². The fourth-order valence-electron chi connectivity index (χ4n) is 3.67. The van der Waals surface area contributed by atoms with E-state index >= 15 is 0 Å². The highest BCUT2D eigenvalue weighted by molar-refractivity contribution is 8.45. The number of alkyl halides is 6. The number of nitrogens with one attached hydrogen (secondary N) is 3. The molecule has 2 amide bonds. The summed E-state index contributed by atoms with van der Waals surface area (Å²) in [6.07, 6.45) is -10.6. The van der Waals surface area contributed by atoms with E-state index in [1.54, 1.807) is 6.92 Å². The van der Waals surface area contributed by atoms with E-state index < -0.39 is 74.9 Å². The molecule has 1 heterocycles. The van der Waals surface area contributed by atoms with Crippen molar-refractivity contribution in [2.24, 2.45) is 0 Å². The molecule has 0 fully saturated rings. The first-order valence-electron chi connectivity index (χ1n) is 12.0. The number of anilines is 1. The largest absolute Gasteiger partial charge is 0.493 e. The van der Waals surface area contributed by atoms with Crippen LogP contribution in [0.3, 0.4) is 0 Å². The monoisotopic (exact) mass is 702 g/mol. The molecule has 2 aromatic rings. The van der Waals surface area contributed by atoms with Crippen LogP contribution in [0, 0.1) is 5.41 Å². The lowest BCUT2D eigenvalue weighted by Gasteiger charge is -2.40. The van der Waals surface area contributed by atoms with Gasteiger partial charge in [-0.05, 0) is 42.8 Å². The van der Waals surface area contributed by atoms with Gasteiger partial charge in [0.1, 0.15) is 16.5 Å². The zero-order chi connectivity index (χ0) is 35.7. The molecule has 2 aromatic carbocycles. The first-order valence-corrected chi connectivity index (χ1v) is 14.0. The highest BCUT2D eigenvalue weighted by Gasteiger charge is 2.65. The van der Waals surface area contributed by atoms with Gasteiger partial charge in [0.2, 0.25) is 0 Å². The number of ketones is 1. The molecule has 22 heteroatoms. The Labute approximate surface area is 250 Å². The number of amidine groups is 1. The Morgan fingerprint density at radius 3 is 1.98 bits per heavy atom. The number of carboxylic acid groups (broad SMARTS) is 1. The number of fused-ring (bicyclic) bond motifs is 1. The van der Waals surface area contributed by atoms with Gasteiger partial charge >= 0.3 is 34.5 Å². The molecule has 0 aromatic heterocycles. The summed E-state index contributed by atoms with van der Waals surface area (Å²) in [6, 6.07) is 2.51. The van der Waals surface area contributed by atoms with Crippen molar-refractivity contribution in [2.45, 2.75) is 30.7 Å². The number of nitrogens with zero attached hydrogens (tertiary/aromatic N) is 1. The lowest BCUT2D eigenvalue weighted by molar-refractivity contribution is -0.192. The lowest BCUT2D eigenvalue weighted by Crippen LogP contribution is -2.31. The molecule has 0 saturated heterocycles. The molecular formula is C24H21F11N4O6S. The average Bonchev–Trinajstić information content (AvgIpc) is 3.19. The molecule has 0 saturated carbocycles. The molecule has 0 atom stereocenters. The maximum Gasteiger partial charge on any atom is 0.490 e. The van der Waals surface area contributed by atoms with Gasteiger partial charge in [-0.15, -0.1) is 0 Å². The molecule has 3 rings (SSSR count). The van der Waals surface area contributed by atoms with Crippen molar-refractivity contribution in [3.05, 3.63) is 52.6 Å². The van der Waals surface area contributed by atoms with Gasteiger partial charge in [0.25, 0.3) is 5.91 Å². The van der Waals surface area contributed by atoms with Crippen molar-refractivity contribution in [3.63, 3.8) is 0 Å². The standard InChI is InChI=1S/C22H20F8N4O4S.C2HF3O2/c1-3-38-18-6-12-9-34(19(31)15(12)8-16(18)20(36)32-2)10-17(35)11-4-13(33-21(37)22(23,24)25)7-14(5-11)39(26,27,28,29)30;3-2(4,5)1(6)7/h4-8,31H,3,9-10H2,1-2H3,(H,32,36)(H,33,37);(H,6,7). The van der Waals surface area contributed by atoms with E-state index in [2.05, 4.69) is 5.32 Å². The van der Waals surface area contributed by atoms with Gasteiger partial charge < -0.3 is 25.4 Å². The minimum atomic E-state index is -10.5. The lowest BCUT2D eigenvalue weighted by atomic mass is 10.0. The van der Waals surface area contributed by atoms with Gasteiger partial charge in [-0.3, -0.25) is 19.8 Å². The van der Waals surface area contributed by atoms with Gasteiger partial charge in [-0.2, -0.15) is 26.3 Å². The molecule has 0 bridgehead atoms. The van der Waals surface area contributed by atoms with Gasteiger partial charge in [0.05, 0.1) is 18.7 Å². The van der Waals surface area contributed by atoms with Crippen molar-refractivity contribution in [1.29, 1.82) is 5.41 Å². The van der Waals surface area contributed by atoms with E-state index in [1.165, 1.54) is 19.2 Å². The van der Waals surface area contributed by atoms with Crippen molar-refractivity contribution in [2.75, 3.05) is 25.5 Å². The number of amides is 2. The number of hydrogen-bond acceptors (Lipinski definition) is 6. The van der Waals surface area contributed by atoms with Crippen molar-refractivity contribution in [1.82, 2.24) is 10.2 Å². The second-order valence-corrected chi connectivity index (χ2v) is 11.5. The summed E-state index contributed by atoms with van der Waals surface area (Å²) in [5.74, 6) is -7.49. The number of ether oxygens (including phenoxy) is 1. The van der Waals surface area contributed by atoms with E-state index in [4.69, 9.17) is 20.0 Å². The second kappa shape index (κ2) is 11.9. The number of carboxylic acids is 1. The van der Waals surface area contributed by atoms with Crippen LogP contribution in [-0.2, 0) is 16.1 Å². The first-order chi connectivity index (χ1) is 20.6. The van der Waals surface area contributed by atoms with E-state index in [9.17, 15) is 60.2 Å². The number of carbonyl (C=O) groups excluding carboxylic acids is 3. The predicted molar refractivity (Wildman–Crippen MR) is 139 cm³/mol. The van der Waals surface area contributed by atoms with Crippen molar-refractivity contribution < 1.29 is 74.8 Å². The summed E-state index contributed by atoms with van der Waals surface area (Å²) in [4.78, 5) is 43.5. The van der Waals surface area contributed by atoms with Gasteiger partial charge in [0, 0.05) is 30.4 Å². The minimum absolute atomic E-state index is 0.0599. The van der Waals surface area contributed by atoms with Crippen LogP contribution < -0.4 is 15.4 Å². The Kier molecular flexibility index (Phi) is 9.75. The summed E-state index contributed by atoms with van der Waals surface area (Å²) in [5.41, 5.74) is -1.76. The number of halogens is 11. The number of carbonyl (C=O) groups is 4. The SMILES string of the molecule is CCOc1cc2c(cc1C(=O)NC)C(=N)N(CC(=O)c1cc(NC(=O)C(F)(F)F)cc(S(F)(F)(F)(F)F)c1)C2.O=C(O)C(F)(F)F. The van der Waals surface area contributed by atoms with E-state index in [1.807, 2.05) is 0 Å². The summed E-state index contributed by atoms with van der Waals surface area (Å²) >= 11 is 0. The third-order valence-electron chi connectivity index (χ3n) is 5.68. The molecule has 1 aliphatic rings. The fourth-order valence-corrected chi connectivity index (χ4v) is 4.37. The number of benzene rings is 2. The molecule has 1 aliphatic heterocycles. The first kappa shape index (κ1) is 37.6. The van der Waals surface area contributed by atoms with Crippen LogP contribution in [0.5, 0.6) is 5.75 Å². The third-order valence-corrected chi connectivity index (χ3v) is 6.80. The van der Waals surface area contributed by atoms with Crippen LogP contribution in [0.2, 0.25) is 0 Å². The zero-order valence-electron chi connectivity index (χ0n) is 23.0. The van der Waals surface area contributed by atoms with Gasteiger partial charge in [0.15, 0.2) is 5.78 Å². The minimum Gasteiger partial charge on any atom is -0.493 e. The predicted octanol–water partition coefficient (Wildman–Crippen LogP) is 6.26. The number of rotatable bonds is 8. The smallest absolute Gasteiger partial charge is 0.490 e. The molecule has 0 aliphatic carbocycles. The Bertz CT molecular complexity index is 1590. The van der Waals surface area contributed by atoms with E-state index in [-0.39, 0.29) is 41.9 Å². The van der Waals surface area contributed by atoms with Crippen LogP contribution in [0.25, 0.3) is 0 Å². The van der Waals surface area contributed by atoms with Crippen molar-refractivity contribution in [3.8, 4) is 5.75 Å². The molecule has 10 nitrogen and oxygen atoms in total. The molecule has 4 N–H and O–H groups in total. The fraction of sp³-hybridized carbons (Fsp3) is 0.292. The molecular weight excluding hydrogens is 681 g/mol. The maximum absolute atomic E-state index is 13.5.